The van der Waals surface area contributed by atoms with Crippen LogP contribution < -0.4 is 0 Å². The molecule has 0 fully saturated rings. The molecule has 0 aliphatic heterocycles. The summed E-state index contributed by atoms with van der Waals surface area (Å²) >= 11 is 0. The molecular formula is C13H15NO2. The van der Waals surface area contributed by atoms with Gasteiger partial charge in [-0.2, -0.15) is 0 Å². The van der Waals surface area contributed by atoms with Crippen molar-refractivity contribution in [3.63, 3.8) is 0 Å². The highest BCUT2D eigenvalue weighted by molar-refractivity contribution is 5.97. The molecule has 1 heterocycles. The van der Waals surface area contributed by atoms with Crippen LogP contribution in [-0.4, -0.2) is 17.6 Å². The van der Waals surface area contributed by atoms with E-state index >= 15 is 0 Å². The van der Waals surface area contributed by atoms with Crippen molar-refractivity contribution in [3.05, 3.63) is 35.0 Å². The van der Waals surface area contributed by atoms with Crippen molar-refractivity contribution in [2.45, 2.75) is 13.8 Å². The molecule has 84 valence electrons. The zero-order chi connectivity index (χ0) is 11.9. The lowest BCUT2D eigenvalue weighted by Gasteiger charge is -2.05. The minimum atomic E-state index is -0.294. The van der Waals surface area contributed by atoms with Crippen LogP contribution in [0.15, 0.2) is 18.2 Å². The fourth-order valence-electron chi connectivity index (χ4n) is 2.10. The van der Waals surface area contributed by atoms with Crippen LogP contribution in [0.2, 0.25) is 0 Å². The van der Waals surface area contributed by atoms with E-state index in [-0.39, 0.29) is 5.97 Å². The Bertz CT molecular complexity index is 567. The van der Waals surface area contributed by atoms with Crippen molar-refractivity contribution >= 4 is 16.9 Å². The van der Waals surface area contributed by atoms with Gasteiger partial charge in [-0.15, -0.1) is 0 Å². The molecule has 0 saturated heterocycles. The number of methoxy groups -OCH3 is 1. The molecule has 0 radical (unpaired) electrons. The first-order valence-corrected chi connectivity index (χ1v) is 5.20. The van der Waals surface area contributed by atoms with Crippen LogP contribution in [0.25, 0.3) is 10.9 Å². The SMILES string of the molecule is COC(=O)c1cc2c(C)ccc(C)c2n1C. The van der Waals surface area contributed by atoms with E-state index in [0.29, 0.717) is 5.69 Å². The molecule has 0 N–H and O–H groups in total. The van der Waals surface area contributed by atoms with Gasteiger partial charge in [0.2, 0.25) is 0 Å². The number of hydrogen-bond acceptors (Lipinski definition) is 2. The molecule has 0 aliphatic rings. The second-order valence-corrected chi connectivity index (χ2v) is 4.04. The molecule has 3 nitrogen and oxygen atoms in total. The third-order valence-corrected chi connectivity index (χ3v) is 3.01. The number of aromatic nitrogens is 1. The number of aryl methyl sites for hydroxylation is 3. The predicted molar refractivity (Wildman–Crippen MR) is 63.7 cm³/mol. The van der Waals surface area contributed by atoms with Gasteiger partial charge in [0.15, 0.2) is 0 Å². The molecule has 0 unspecified atom stereocenters. The maximum atomic E-state index is 11.6. The van der Waals surface area contributed by atoms with Gasteiger partial charge in [-0.05, 0) is 31.0 Å². The molecule has 1 aromatic carbocycles. The van der Waals surface area contributed by atoms with E-state index in [1.807, 2.05) is 31.5 Å². The first-order chi connectivity index (χ1) is 7.56. The second kappa shape index (κ2) is 3.67. The van der Waals surface area contributed by atoms with Gasteiger partial charge in [0.1, 0.15) is 5.69 Å². The molecule has 3 heteroatoms. The minimum absolute atomic E-state index is 0.294. The zero-order valence-electron chi connectivity index (χ0n) is 10.00. The molecule has 0 amide bonds. The maximum Gasteiger partial charge on any atom is 0.354 e. The van der Waals surface area contributed by atoms with Gasteiger partial charge >= 0.3 is 5.97 Å². The zero-order valence-corrected chi connectivity index (χ0v) is 10.00. The van der Waals surface area contributed by atoms with Gasteiger partial charge < -0.3 is 9.30 Å². The lowest BCUT2D eigenvalue weighted by atomic mass is 10.1. The first-order valence-electron chi connectivity index (χ1n) is 5.20. The second-order valence-electron chi connectivity index (χ2n) is 4.04. The summed E-state index contributed by atoms with van der Waals surface area (Å²) in [5.41, 5.74) is 4.03. The Balaban J connectivity index is 2.82. The van der Waals surface area contributed by atoms with E-state index in [0.717, 1.165) is 10.9 Å². The number of benzene rings is 1. The van der Waals surface area contributed by atoms with Gasteiger partial charge in [-0.1, -0.05) is 12.1 Å². The molecule has 0 aliphatic carbocycles. The van der Waals surface area contributed by atoms with Gasteiger partial charge in [0.05, 0.1) is 12.6 Å². The number of nitrogens with zero attached hydrogens (tertiary/aromatic N) is 1. The Morgan fingerprint density at radius 1 is 1.25 bits per heavy atom. The number of fused-ring (bicyclic) bond motifs is 1. The van der Waals surface area contributed by atoms with Crippen molar-refractivity contribution in [2.24, 2.45) is 7.05 Å². The summed E-state index contributed by atoms with van der Waals surface area (Å²) in [7, 11) is 3.29. The highest BCUT2D eigenvalue weighted by atomic mass is 16.5. The van der Waals surface area contributed by atoms with Crippen LogP contribution in [-0.2, 0) is 11.8 Å². The Morgan fingerprint density at radius 3 is 2.44 bits per heavy atom. The number of carbonyl (C=O) groups is 1. The molecule has 2 rings (SSSR count). The van der Waals surface area contributed by atoms with Crippen molar-refractivity contribution in [2.75, 3.05) is 7.11 Å². The molecular weight excluding hydrogens is 202 g/mol. The quantitative estimate of drug-likeness (QED) is 0.687. The fourth-order valence-corrected chi connectivity index (χ4v) is 2.10. The normalized spacial score (nSPS) is 10.8. The summed E-state index contributed by atoms with van der Waals surface area (Å²) in [6, 6.07) is 6.03. The van der Waals surface area contributed by atoms with Gasteiger partial charge in [-0.3, -0.25) is 0 Å². The summed E-state index contributed by atoms with van der Waals surface area (Å²) in [6.07, 6.45) is 0. The van der Waals surface area contributed by atoms with Gasteiger partial charge in [0, 0.05) is 12.4 Å². The minimum Gasteiger partial charge on any atom is -0.464 e. The fraction of sp³-hybridized carbons (Fsp3) is 0.308. The molecule has 0 bridgehead atoms. The molecule has 0 atom stereocenters. The Labute approximate surface area is 94.6 Å². The van der Waals surface area contributed by atoms with E-state index < -0.39 is 0 Å². The standard InChI is InChI=1S/C13H15NO2/c1-8-5-6-9(2)12-10(8)7-11(14(12)3)13(15)16-4/h5-7H,1-4H3. The van der Waals surface area contributed by atoms with Crippen molar-refractivity contribution in [1.82, 2.24) is 4.57 Å². The molecule has 0 saturated carbocycles. The van der Waals surface area contributed by atoms with E-state index in [9.17, 15) is 4.79 Å². The summed E-state index contributed by atoms with van der Waals surface area (Å²) in [5, 5.41) is 1.11. The number of esters is 1. The molecule has 1 aromatic heterocycles. The van der Waals surface area contributed by atoms with Gasteiger partial charge in [-0.25, -0.2) is 4.79 Å². The number of carbonyl (C=O) groups excluding carboxylic acids is 1. The Kier molecular flexibility index (Phi) is 2.46. The van der Waals surface area contributed by atoms with Crippen LogP contribution in [0.4, 0.5) is 0 Å². The topological polar surface area (TPSA) is 31.2 Å². The summed E-state index contributed by atoms with van der Waals surface area (Å²) < 4.78 is 6.66. The third kappa shape index (κ3) is 1.40. The van der Waals surface area contributed by atoms with Crippen molar-refractivity contribution < 1.29 is 9.53 Å². The maximum absolute atomic E-state index is 11.6. The summed E-state index contributed by atoms with van der Waals surface area (Å²) in [5.74, 6) is -0.294. The van der Waals surface area contributed by atoms with Crippen LogP contribution in [0, 0.1) is 13.8 Å². The van der Waals surface area contributed by atoms with Crippen LogP contribution in [0.1, 0.15) is 21.6 Å². The van der Waals surface area contributed by atoms with Crippen LogP contribution in [0.3, 0.4) is 0 Å². The molecule has 2 aromatic rings. The van der Waals surface area contributed by atoms with E-state index in [2.05, 4.69) is 12.1 Å². The third-order valence-electron chi connectivity index (χ3n) is 3.01. The van der Waals surface area contributed by atoms with E-state index in [4.69, 9.17) is 4.74 Å². The van der Waals surface area contributed by atoms with Crippen LogP contribution in [0.5, 0.6) is 0 Å². The summed E-state index contributed by atoms with van der Waals surface area (Å²) in [6.45, 7) is 4.09. The predicted octanol–water partition coefficient (Wildman–Crippen LogP) is 2.58. The monoisotopic (exact) mass is 217 g/mol. The average molecular weight is 217 g/mol. The Hall–Kier alpha value is -1.77. The lowest BCUT2D eigenvalue weighted by Crippen LogP contribution is -2.07. The lowest BCUT2D eigenvalue weighted by molar-refractivity contribution is 0.0590. The number of rotatable bonds is 1. The van der Waals surface area contributed by atoms with Crippen LogP contribution >= 0.6 is 0 Å². The van der Waals surface area contributed by atoms with Gasteiger partial charge in [0.25, 0.3) is 0 Å². The Morgan fingerprint density at radius 2 is 1.88 bits per heavy atom. The van der Waals surface area contributed by atoms with E-state index in [1.54, 1.807) is 0 Å². The highest BCUT2D eigenvalue weighted by Gasteiger charge is 2.15. The number of hydrogen-bond donors (Lipinski definition) is 0. The largest absolute Gasteiger partial charge is 0.464 e. The summed E-state index contributed by atoms with van der Waals surface area (Å²) in [4.78, 5) is 11.6. The first kappa shape index (κ1) is 10.7. The number of ether oxygens (including phenoxy) is 1. The highest BCUT2D eigenvalue weighted by Crippen LogP contribution is 2.25. The van der Waals surface area contributed by atoms with Crippen molar-refractivity contribution in [1.29, 1.82) is 0 Å². The molecule has 16 heavy (non-hydrogen) atoms. The molecule has 0 spiro atoms. The van der Waals surface area contributed by atoms with E-state index in [1.165, 1.54) is 18.2 Å². The average Bonchev–Trinajstić information content (AvgIpc) is 2.62. The smallest absolute Gasteiger partial charge is 0.354 e. The van der Waals surface area contributed by atoms with Crippen molar-refractivity contribution in [3.8, 4) is 0 Å².